The van der Waals surface area contributed by atoms with Gasteiger partial charge in [-0.1, -0.05) is 24.3 Å². The lowest BCUT2D eigenvalue weighted by Crippen LogP contribution is -2.38. The molecule has 1 fully saturated rings. The minimum Gasteiger partial charge on any atom is -0.492 e. The van der Waals surface area contributed by atoms with Crippen LogP contribution in [0.4, 0.5) is 5.69 Å². The van der Waals surface area contributed by atoms with Gasteiger partial charge in [-0.2, -0.15) is 0 Å². The number of nitrogens with one attached hydrogen (secondary N) is 3. The van der Waals surface area contributed by atoms with Gasteiger partial charge in [-0.25, -0.2) is 0 Å². The van der Waals surface area contributed by atoms with Crippen molar-refractivity contribution < 1.29 is 9.53 Å². The highest BCUT2D eigenvalue weighted by Crippen LogP contribution is 2.26. The van der Waals surface area contributed by atoms with Gasteiger partial charge in [0.2, 0.25) is 5.91 Å². The molecule has 4 rings (SSSR count). The molecule has 32 heavy (non-hydrogen) atoms. The molecule has 2 heterocycles. The van der Waals surface area contributed by atoms with E-state index in [9.17, 15) is 4.79 Å². The summed E-state index contributed by atoms with van der Waals surface area (Å²) in [6.07, 6.45) is 3.94. The number of benzene rings is 2. The Labute approximate surface area is 190 Å². The van der Waals surface area contributed by atoms with Gasteiger partial charge in [0.1, 0.15) is 12.4 Å². The van der Waals surface area contributed by atoms with Crippen LogP contribution in [0, 0.1) is 0 Å². The van der Waals surface area contributed by atoms with Crippen LogP contribution in [-0.2, 0) is 24.3 Å². The van der Waals surface area contributed by atoms with Gasteiger partial charge in [-0.05, 0) is 67.2 Å². The zero-order chi connectivity index (χ0) is 22.2. The van der Waals surface area contributed by atoms with Gasteiger partial charge in [-0.15, -0.1) is 0 Å². The molecule has 1 amide bonds. The Morgan fingerprint density at radius 2 is 1.84 bits per heavy atom. The van der Waals surface area contributed by atoms with E-state index < -0.39 is 0 Å². The minimum absolute atomic E-state index is 0.0762. The van der Waals surface area contributed by atoms with Crippen molar-refractivity contribution in [2.75, 3.05) is 38.6 Å². The summed E-state index contributed by atoms with van der Waals surface area (Å²) in [5, 5.41) is 9.53. The van der Waals surface area contributed by atoms with Crippen LogP contribution in [0.3, 0.4) is 0 Å². The summed E-state index contributed by atoms with van der Waals surface area (Å²) in [6, 6.07) is 14.6. The molecule has 3 N–H and O–H groups in total. The molecule has 2 aromatic carbocycles. The summed E-state index contributed by atoms with van der Waals surface area (Å²) < 4.78 is 5.86. The molecule has 0 spiro atoms. The number of rotatable bonds is 8. The maximum Gasteiger partial charge on any atom is 0.224 e. The van der Waals surface area contributed by atoms with Crippen molar-refractivity contribution in [3.8, 4) is 5.75 Å². The van der Waals surface area contributed by atoms with Crippen molar-refractivity contribution in [1.82, 2.24) is 15.5 Å². The summed E-state index contributed by atoms with van der Waals surface area (Å²) in [4.78, 5) is 18.3. The molecule has 0 aromatic heterocycles. The number of nitrogens with zero attached hydrogens (tertiary/aromatic N) is 2. The Kier molecular flexibility index (Phi) is 7.61. The third kappa shape index (κ3) is 6.23. The predicted molar refractivity (Wildman–Crippen MR) is 128 cm³/mol. The molecule has 1 saturated heterocycles. The first-order valence-corrected chi connectivity index (χ1v) is 11.5. The summed E-state index contributed by atoms with van der Waals surface area (Å²) in [5.41, 5.74) is 4.62. The number of fused-ring (bicyclic) bond motifs is 1. The second kappa shape index (κ2) is 11.0. The molecule has 170 valence electrons. The Hall–Kier alpha value is -3.06. The highest BCUT2D eigenvalue weighted by molar-refractivity contribution is 5.94. The third-order valence-electron chi connectivity index (χ3n) is 5.95. The quantitative estimate of drug-likeness (QED) is 0.338. The van der Waals surface area contributed by atoms with E-state index in [0.29, 0.717) is 19.6 Å². The topological polar surface area (TPSA) is 78.0 Å². The molecule has 0 unspecified atom stereocenters. The van der Waals surface area contributed by atoms with Crippen LogP contribution in [0.1, 0.15) is 36.0 Å². The Balaban J connectivity index is 1.16. The molecular weight excluding hydrogens is 402 g/mol. The van der Waals surface area contributed by atoms with Gasteiger partial charge in [0, 0.05) is 32.2 Å². The van der Waals surface area contributed by atoms with E-state index in [1.807, 2.05) is 18.2 Å². The summed E-state index contributed by atoms with van der Waals surface area (Å²) in [7, 11) is 1.77. The molecule has 0 radical (unpaired) electrons. The summed E-state index contributed by atoms with van der Waals surface area (Å²) in [6.45, 7) is 5.38. The molecule has 0 bridgehead atoms. The average molecular weight is 436 g/mol. The van der Waals surface area contributed by atoms with E-state index in [4.69, 9.17) is 4.74 Å². The minimum atomic E-state index is 0.0762. The molecule has 0 atom stereocenters. The van der Waals surface area contributed by atoms with Gasteiger partial charge >= 0.3 is 0 Å². The first-order valence-electron chi connectivity index (χ1n) is 11.5. The number of likely N-dealkylation sites (tertiary alicyclic amines) is 1. The summed E-state index contributed by atoms with van der Waals surface area (Å²) in [5.74, 6) is 1.65. The van der Waals surface area contributed by atoms with Gasteiger partial charge < -0.3 is 20.7 Å². The van der Waals surface area contributed by atoms with E-state index in [2.05, 4.69) is 50.1 Å². The van der Waals surface area contributed by atoms with Crippen LogP contribution in [0.25, 0.3) is 0 Å². The van der Waals surface area contributed by atoms with Crippen molar-refractivity contribution in [3.05, 3.63) is 59.2 Å². The van der Waals surface area contributed by atoms with Gasteiger partial charge in [0.05, 0.1) is 6.54 Å². The number of amides is 1. The molecule has 7 heteroatoms. The van der Waals surface area contributed by atoms with Crippen molar-refractivity contribution in [3.63, 3.8) is 0 Å². The number of anilines is 1. The Morgan fingerprint density at radius 3 is 2.62 bits per heavy atom. The van der Waals surface area contributed by atoms with Crippen LogP contribution in [0.5, 0.6) is 5.75 Å². The lowest BCUT2D eigenvalue weighted by Gasteiger charge is -2.18. The van der Waals surface area contributed by atoms with Crippen LogP contribution >= 0.6 is 0 Å². The second-order valence-electron chi connectivity index (χ2n) is 8.37. The zero-order valence-corrected chi connectivity index (χ0v) is 18.8. The van der Waals surface area contributed by atoms with Crippen LogP contribution in [-0.4, -0.2) is 50.1 Å². The molecule has 0 saturated carbocycles. The van der Waals surface area contributed by atoms with Crippen LogP contribution in [0.2, 0.25) is 0 Å². The van der Waals surface area contributed by atoms with E-state index in [1.54, 1.807) is 7.05 Å². The number of guanidine groups is 1. The van der Waals surface area contributed by atoms with Crippen molar-refractivity contribution >= 4 is 17.6 Å². The third-order valence-corrected chi connectivity index (χ3v) is 5.95. The maximum atomic E-state index is 11.5. The number of hydrogen-bond acceptors (Lipinski definition) is 4. The first kappa shape index (κ1) is 22.1. The molecular formula is C25H33N5O2. The fraction of sp³-hybridized carbons (Fsp3) is 0.440. The molecule has 2 aliphatic heterocycles. The van der Waals surface area contributed by atoms with Gasteiger partial charge in [-0.3, -0.25) is 14.7 Å². The fourth-order valence-corrected chi connectivity index (χ4v) is 4.16. The highest BCUT2D eigenvalue weighted by atomic mass is 16.5. The molecule has 2 aliphatic rings. The predicted octanol–water partition coefficient (Wildman–Crippen LogP) is 2.91. The summed E-state index contributed by atoms with van der Waals surface area (Å²) >= 11 is 0. The van der Waals surface area contributed by atoms with Crippen molar-refractivity contribution in [2.24, 2.45) is 4.99 Å². The largest absolute Gasteiger partial charge is 0.492 e. The zero-order valence-electron chi connectivity index (χ0n) is 18.8. The van der Waals surface area contributed by atoms with E-state index in [-0.39, 0.29) is 5.91 Å². The number of aryl methyl sites for hydroxylation is 1. The maximum absolute atomic E-state index is 11.5. The van der Waals surface area contributed by atoms with Gasteiger partial charge in [0.15, 0.2) is 5.96 Å². The average Bonchev–Trinajstić information content (AvgIpc) is 3.32. The number of hydrogen-bond donors (Lipinski definition) is 3. The first-order chi connectivity index (χ1) is 15.7. The van der Waals surface area contributed by atoms with Crippen molar-refractivity contribution in [1.29, 1.82) is 0 Å². The molecule has 2 aromatic rings. The molecule has 0 aliphatic carbocycles. The second-order valence-corrected chi connectivity index (χ2v) is 8.37. The Bertz CT molecular complexity index is 936. The number of carbonyl (C=O) groups is 1. The molecule has 7 nitrogen and oxygen atoms in total. The number of aliphatic imine (C=N–C) groups is 1. The monoisotopic (exact) mass is 435 g/mol. The standard InChI is InChI=1S/C25H33N5O2/c1-26-25(28-17-19-4-6-20(7-5-19)18-30-13-2-3-14-30)27-12-15-32-22-9-10-23-21(16-22)8-11-24(31)29-23/h4-7,9-10,16H,2-3,8,11-15,17-18H2,1H3,(H,29,31)(H2,26,27,28). The van der Waals surface area contributed by atoms with E-state index >= 15 is 0 Å². The van der Waals surface area contributed by atoms with Crippen LogP contribution in [0.15, 0.2) is 47.5 Å². The normalized spacial score (nSPS) is 16.4. The van der Waals surface area contributed by atoms with E-state index in [0.717, 1.165) is 42.5 Å². The smallest absolute Gasteiger partial charge is 0.224 e. The number of carbonyl (C=O) groups excluding carboxylic acids is 1. The number of ether oxygens (including phenoxy) is 1. The van der Waals surface area contributed by atoms with Gasteiger partial charge in [0.25, 0.3) is 0 Å². The van der Waals surface area contributed by atoms with Crippen molar-refractivity contribution in [2.45, 2.75) is 38.8 Å². The highest BCUT2D eigenvalue weighted by Gasteiger charge is 2.15. The SMILES string of the molecule is CN=C(NCCOc1ccc2c(c1)CCC(=O)N2)NCc1ccc(CN2CCCC2)cc1. The van der Waals surface area contributed by atoms with E-state index in [1.165, 1.54) is 37.1 Å². The fourth-order valence-electron chi connectivity index (χ4n) is 4.16. The lowest BCUT2D eigenvalue weighted by atomic mass is 10.0. The van der Waals surface area contributed by atoms with Crippen LogP contribution < -0.4 is 20.7 Å². The lowest BCUT2D eigenvalue weighted by molar-refractivity contribution is -0.116. The Morgan fingerprint density at radius 1 is 1.06 bits per heavy atom.